The van der Waals surface area contributed by atoms with Gasteiger partial charge in [-0.3, -0.25) is 9.78 Å². The SMILES string of the molecule is CC(N)(C(N)=O)c1cccnc1. The second-order valence-electron chi connectivity index (χ2n) is 2.81. The van der Waals surface area contributed by atoms with E-state index in [0.717, 1.165) is 0 Å². The van der Waals surface area contributed by atoms with E-state index in [1.54, 1.807) is 25.3 Å². The van der Waals surface area contributed by atoms with E-state index in [4.69, 9.17) is 11.5 Å². The van der Waals surface area contributed by atoms with Crippen molar-refractivity contribution < 1.29 is 4.79 Å². The van der Waals surface area contributed by atoms with Gasteiger partial charge in [-0.15, -0.1) is 0 Å². The average Bonchev–Trinajstić information content (AvgIpc) is 2.06. The van der Waals surface area contributed by atoms with Gasteiger partial charge in [0, 0.05) is 12.4 Å². The van der Waals surface area contributed by atoms with Gasteiger partial charge in [0.1, 0.15) is 5.54 Å². The summed E-state index contributed by atoms with van der Waals surface area (Å²) in [6, 6.07) is 3.43. The Morgan fingerprint density at radius 3 is 2.75 bits per heavy atom. The average molecular weight is 165 g/mol. The molecule has 4 nitrogen and oxygen atoms in total. The number of hydrogen-bond donors (Lipinski definition) is 2. The second-order valence-corrected chi connectivity index (χ2v) is 2.81. The zero-order valence-electron chi connectivity index (χ0n) is 6.82. The molecule has 1 aromatic heterocycles. The molecule has 0 spiro atoms. The van der Waals surface area contributed by atoms with E-state index in [0.29, 0.717) is 5.56 Å². The van der Waals surface area contributed by atoms with E-state index in [1.807, 2.05) is 0 Å². The molecular formula is C8H11N3O. The van der Waals surface area contributed by atoms with Crippen LogP contribution in [-0.2, 0) is 10.3 Å². The number of hydrogen-bond acceptors (Lipinski definition) is 3. The van der Waals surface area contributed by atoms with Gasteiger partial charge in [0.2, 0.25) is 5.91 Å². The molecule has 4 N–H and O–H groups in total. The summed E-state index contributed by atoms with van der Waals surface area (Å²) in [4.78, 5) is 14.7. The number of nitrogens with zero attached hydrogens (tertiary/aromatic N) is 1. The maximum Gasteiger partial charge on any atom is 0.241 e. The van der Waals surface area contributed by atoms with Crippen LogP contribution < -0.4 is 11.5 Å². The van der Waals surface area contributed by atoms with Crippen LogP contribution in [0.1, 0.15) is 12.5 Å². The Hall–Kier alpha value is -1.42. The van der Waals surface area contributed by atoms with E-state index in [2.05, 4.69) is 4.98 Å². The number of amides is 1. The van der Waals surface area contributed by atoms with Crippen LogP contribution in [0.5, 0.6) is 0 Å². The summed E-state index contributed by atoms with van der Waals surface area (Å²) >= 11 is 0. The van der Waals surface area contributed by atoms with Crippen molar-refractivity contribution in [2.75, 3.05) is 0 Å². The minimum Gasteiger partial charge on any atom is -0.368 e. The number of pyridine rings is 1. The van der Waals surface area contributed by atoms with Crippen LogP contribution in [0, 0.1) is 0 Å². The predicted molar refractivity (Wildman–Crippen MR) is 45.0 cm³/mol. The molecule has 0 fully saturated rings. The Bertz CT molecular complexity index is 282. The number of rotatable bonds is 2. The van der Waals surface area contributed by atoms with Crippen LogP contribution in [0.3, 0.4) is 0 Å². The highest BCUT2D eigenvalue weighted by atomic mass is 16.1. The molecule has 1 aromatic rings. The van der Waals surface area contributed by atoms with Crippen molar-refractivity contribution >= 4 is 5.91 Å². The zero-order valence-corrected chi connectivity index (χ0v) is 6.82. The lowest BCUT2D eigenvalue weighted by Crippen LogP contribution is -2.46. The number of carbonyl (C=O) groups excluding carboxylic acids is 1. The van der Waals surface area contributed by atoms with Crippen molar-refractivity contribution in [1.29, 1.82) is 0 Å². The summed E-state index contributed by atoms with van der Waals surface area (Å²) in [6.45, 7) is 1.56. The van der Waals surface area contributed by atoms with Crippen LogP contribution >= 0.6 is 0 Å². The lowest BCUT2D eigenvalue weighted by Gasteiger charge is -2.19. The summed E-state index contributed by atoms with van der Waals surface area (Å²) in [5.74, 6) is -0.560. The Labute approximate surface area is 70.6 Å². The second kappa shape index (κ2) is 2.91. The molecule has 0 aromatic carbocycles. The lowest BCUT2D eigenvalue weighted by molar-refractivity contribution is -0.122. The van der Waals surface area contributed by atoms with E-state index < -0.39 is 11.4 Å². The fourth-order valence-electron chi connectivity index (χ4n) is 0.812. The van der Waals surface area contributed by atoms with Crippen LogP contribution in [0.25, 0.3) is 0 Å². The molecule has 0 aliphatic rings. The first-order chi connectivity index (χ1) is 5.55. The first-order valence-corrected chi connectivity index (χ1v) is 3.54. The largest absolute Gasteiger partial charge is 0.368 e. The van der Waals surface area contributed by atoms with Crippen LogP contribution in [0.15, 0.2) is 24.5 Å². The maximum atomic E-state index is 10.9. The zero-order chi connectivity index (χ0) is 9.19. The number of nitrogens with two attached hydrogens (primary N) is 2. The van der Waals surface area contributed by atoms with Gasteiger partial charge in [-0.05, 0) is 18.6 Å². The maximum absolute atomic E-state index is 10.9. The molecular weight excluding hydrogens is 154 g/mol. The highest BCUT2D eigenvalue weighted by Crippen LogP contribution is 2.14. The summed E-state index contributed by atoms with van der Waals surface area (Å²) in [5, 5.41) is 0. The van der Waals surface area contributed by atoms with Gasteiger partial charge < -0.3 is 11.5 Å². The minimum atomic E-state index is -1.13. The van der Waals surface area contributed by atoms with Gasteiger partial charge in [-0.2, -0.15) is 0 Å². The third kappa shape index (κ3) is 1.43. The number of carbonyl (C=O) groups is 1. The standard InChI is InChI=1S/C8H11N3O/c1-8(10,7(9)12)6-3-2-4-11-5-6/h2-5H,10H2,1H3,(H2,9,12). The topological polar surface area (TPSA) is 82.0 Å². The first kappa shape index (κ1) is 8.67. The van der Waals surface area contributed by atoms with E-state index in [-0.39, 0.29) is 0 Å². The molecule has 12 heavy (non-hydrogen) atoms. The molecule has 1 rings (SSSR count). The Morgan fingerprint density at radius 1 is 1.67 bits per heavy atom. The normalized spacial score (nSPS) is 15.2. The number of primary amides is 1. The Balaban J connectivity index is 3.06. The minimum absolute atomic E-state index is 0.560. The Kier molecular flexibility index (Phi) is 2.10. The van der Waals surface area contributed by atoms with Gasteiger partial charge in [0.15, 0.2) is 0 Å². The van der Waals surface area contributed by atoms with Crippen LogP contribution in [0.2, 0.25) is 0 Å². The first-order valence-electron chi connectivity index (χ1n) is 3.54. The molecule has 0 saturated carbocycles. The van der Waals surface area contributed by atoms with Gasteiger partial charge in [0.05, 0.1) is 0 Å². The van der Waals surface area contributed by atoms with Gasteiger partial charge in [0.25, 0.3) is 0 Å². The predicted octanol–water partition coefficient (Wildman–Crippen LogP) is -0.259. The summed E-state index contributed by atoms with van der Waals surface area (Å²) in [5.41, 5.74) is 10.3. The molecule has 0 saturated heterocycles. The molecule has 0 bridgehead atoms. The third-order valence-electron chi connectivity index (χ3n) is 1.77. The molecule has 64 valence electrons. The van der Waals surface area contributed by atoms with Crippen molar-refractivity contribution in [3.8, 4) is 0 Å². The molecule has 0 aliphatic heterocycles. The molecule has 4 heteroatoms. The van der Waals surface area contributed by atoms with Crippen molar-refractivity contribution in [2.24, 2.45) is 11.5 Å². The summed E-state index contributed by atoms with van der Waals surface area (Å²) < 4.78 is 0. The number of aromatic nitrogens is 1. The van der Waals surface area contributed by atoms with Crippen molar-refractivity contribution in [2.45, 2.75) is 12.5 Å². The molecule has 1 heterocycles. The molecule has 1 amide bonds. The van der Waals surface area contributed by atoms with E-state index in [1.165, 1.54) is 6.20 Å². The van der Waals surface area contributed by atoms with Gasteiger partial charge in [-0.1, -0.05) is 6.07 Å². The van der Waals surface area contributed by atoms with Crippen LogP contribution in [-0.4, -0.2) is 10.9 Å². The summed E-state index contributed by atoms with van der Waals surface area (Å²) in [7, 11) is 0. The fraction of sp³-hybridized carbons (Fsp3) is 0.250. The molecule has 1 atom stereocenters. The Morgan fingerprint density at radius 2 is 2.33 bits per heavy atom. The van der Waals surface area contributed by atoms with E-state index >= 15 is 0 Å². The quantitative estimate of drug-likeness (QED) is 0.633. The van der Waals surface area contributed by atoms with Crippen molar-refractivity contribution in [3.63, 3.8) is 0 Å². The third-order valence-corrected chi connectivity index (χ3v) is 1.77. The molecule has 0 aliphatic carbocycles. The highest BCUT2D eigenvalue weighted by Gasteiger charge is 2.27. The van der Waals surface area contributed by atoms with Gasteiger partial charge in [-0.25, -0.2) is 0 Å². The monoisotopic (exact) mass is 165 g/mol. The van der Waals surface area contributed by atoms with Crippen LogP contribution in [0.4, 0.5) is 0 Å². The van der Waals surface area contributed by atoms with E-state index in [9.17, 15) is 4.79 Å². The van der Waals surface area contributed by atoms with Crippen molar-refractivity contribution in [1.82, 2.24) is 4.98 Å². The highest BCUT2D eigenvalue weighted by molar-refractivity contribution is 5.85. The molecule has 0 radical (unpaired) electrons. The van der Waals surface area contributed by atoms with Crippen molar-refractivity contribution in [3.05, 3.63) is 30.1 Å². The van der Waals surface area contributed by atoms with Gasteiger partial charge >= 0.3 is 0 Å². The smallest absolute Gasteiger partial charge is 0.241 e. The fourth-order valence-corrected chi connectivity index (χ4v) is 0.812. The lowest BCUT2D eigenvalue weighted by atomic mass is 9.94. The summed E-state index contributed by atoms with van der Waals surface area (Å²) in [6.07, 6.45) is 3.14. The molecule has 1 unspecified atom stereocenters.